The molecule has 0 atom stereocenters. The number of nitrogens with one attached hydrogen (secondary N) is 2. The Morgan fingerprint density at radius 2 is 1.81 bits per heavy atom. The van der Waals surface area contributed by atoms with E-state index in [0.717, 1.165) is 11.4 Å². The predicted molar refractivity (Wildman–Crippen MR) is 104 cm³/mol. The first kappa shape index (κ1) is 18.3. The van der Waals surface area contributed by atoms with E-state index in [1.807, 2.05) is 43.3 Å². The van der Waals surface area contributed by atoms with E-state index in [4.69, 9.17) is 0 Å². The minimum absolute atomic E-state index is 0.0876. The van der Waals surface area contributed by atoms with Gasteiger partial charge in [-0.1, -0.05) is 18.2 Å². The van der Waals surface area contributed by atoms with Gasteiger partial charge < -0.3 is 15.5 Å². The second-order valence-electron chi connectivity index (χ2n) is 6.13. The third-order valence-corrected chi connectivity index (χ3v) is 3.95. The fourth-order valence-corrected chi connectivity index (χ4v) is 2.45. The first-order valence-corrected chi connectivity index (χ1v) is 8.41. The van der Waals surface area contributed by atoms with Crippen molar-refractivity contribution in [3.05, 3.63) is 78.0 Å². The van der Waals surface area contributed by atoms with Crippen LogP contribution in [0, 0.1) is 5.82 Å². The highest BCUT2D eigenvalue weighted by atomic mass is 19.1. The van der Waals surface area contributed by atoms with Gasteiger partial charge in [0.25, 0.3) is 5.91 Å². The Morgan fingerprint density at radius 1 is 1.07 bits per heavy atom. The monoisotopic (exact) mass is 365 g/mol. The Balaban J connectivity index is 1.65. The molecule has 0 spiro atoms. The molecule has 6 nitrogen and oxygen atoms in total. The van der Waals surface area contributed by atoms with Crippen molar-refractivity contribution >= 4 is 23.1 Å². The zero-order valence-corrected chi connectivity index (χ0v) is 15.1. The van der Waals surface area contributed by atoms with Crippen molar-refractivity contribution < 1.29 is 9.18 Å². The summed E-state index contributed by atoms with van der Waals surface area (Å²) in [7, 11) is 3.94. The summed E-state index contributed by atoms with van der Waals surface area (Å²) in [5, 5.41) is 5.80. The Labute approximate surface area is 157 Å². The van der Waals surface area contributed by atoms with Crippen LogP contribution in [0.4, 0.5) is 21.6 Å². The van der Waals surface area contributed by atoms with Gasteiger partial charge in [0, 0.05) is 43.6 Å². The number of carbonyl (C=O) groups is 1. The van der Waals surface area contributed by atoms with E-state index in [-0.39, 0.29) is 18.1 Å². The molecule has 1 amide bonds. The molecule has 138 valence electrons. The molecule has 0 fully saturated rings. The molecular weight excluding hydrogens is 345 g/mol. The van der Waals surface area contributed by atoms with E-state index in [1.165, 1.54) is 12.4 Å². The van der Waals surface area contributed by atoms with Crippen molar-refractivity contribution in [2.45, 2.75) is 6.54 Å². The van der Waals surface area contributed by atoms with Gasteiger partial charge in [0.05, 0.1) is 0 Å². The summed E-state index contributed by atoms with van der Waals surface area (Å²) in [6.45, 7) is 0.0876. The second-order valence-corrected chi connectivity index (χ2v) is 6.13. The van der Waals surface area contributed by atoms with Crippen molar-refractivity contribution in [2.24, 2.45) is 0 Å². The maximum atomic E-state index is 13.6. The summed E-state index contributed by atoms with van der Waals surface area (Å²) in [5.74, 6) is -0.255. The molecule has 0 aliphatic heterocycles. The normalized spacial score (nSPS) is 10.3. The number of aromatic nitrogens is 2. The lowest BCUT2D eigenvalue weighted by atomic mass is 10.2. The zero-order chi connectivity index (χ0) is 19.2. The third kappa shape index (κ3) is 4.78. The summed E-state index contributed by atoms with van der Waals surface area (Å²) >= 11 is 0. The van der Waals surface area contributed by atoms with Crippen LogP contribution in [-0.2, 0) is 6.54 Å². The van der Waals surface area contributed by atoms with Crippen LogP contribution in [-0.4, -0.2) is 30.0 Å². The van der Waals surface area contributed by atoms with Crippen LogP contribution < -0.4 is 15.5 Å². The van der Waals surface area contributed by atoms with Gasteiger partial charge in [-0.3, -0.25) is 4.79 Å². The summed E-state index contributed by atoms with van der Waals surface area (Å²) in [6, 6.07) is 15.7. The lowest BCUT2D eigenvalue weighted by Gasteiger charge is -2.13. The highest BCUT2D eigenvalue weighted by Gasteiger charge is 2.10. The molecule has 0 saturated carbocycles. The topological polar surface area (TPSA) is 70.2 Å². The van der Waals surface area contributed by atoms with Gasteiger partial charge in [-0.2, -0.15) is 0 Å². The van der Waals surface area contributed by atoms with Crippen LogP contribution in [0.5, 0.6) is 0 Å². The van der Waals surface area contributed by atoms with Gasteiger partial charge in [-0.05, 0) is 30.3 Å². The minimum Gasteiger partial charge on any atom is -0.378 e. The Hall–Kier alpha value is -3.48. The summed E-state index contributed by atoms with van der Waals surface area (Å²) < 4.78 is 13.6. The molecular formula is C20H20FN5O. The predicted octanol–water partition coefficient (Wildman–Crippen LogP) is 3.36. The van der Waals surface area contributed by atoms with E-state index < -0.39 is 5.91 Å². The number of amides is 1. The summed E-state index contributed by atoms with van der Waals surface area (Å²) in [4.78, 5) is 22.4. The largest absolute Gasteiger partial charge is 0.378 e. The van der Waals surface area contributed by atoms with E-state index in [9.17, 15) is 9.18 Å². The molecule has 3 aromatic rings. The van der Waals surface area contributed by atoms with Gasteiger partial charge in [-0.15, -0.1) is 0 Å². The van der Waals surface area contributed by atoms with Crippen LogP contribution in [0.3, 0.4) is 0 Å². The Morgan fingerprint density at radius 3 is 2.52 bits per heavy atom. The van der Waals surface area contributed by atoms with Crippen LogP contribution in [0.15, 0.2) is 60.9 Å². The number of halogens is 1. The van der Waals surface area contributed by atoms with Crippen LogP contribution in [0.2, 0.25) is 0 Å². The van der Waals surface area contributed by atoms with Crippen molar-refractivity contribution in [3.63, 3.8) is 0 Å². The van der Waals surface area contributed by atoms with Crippen molar-refractivity contribution in [1.29, 1.82) is 0 Å². The number of benzene rings is 2. The van der Waals surface area contributed by atoms with Gasteiger partial charge in [-0.25, -0.2) is 14.4 Å². The van der Waals surface area contributed by atoms with Gasteiger partial charge >= 0.3 is 0 Å². The molecule has 2 N–H and O–H groups in total. The molecule has 0 radical (unpaired) electrons. The molecule has 0 saturated heterocycles. The number of anilines is 3. The lowest BCUT2D eigenvalue weighted by Crippen LogP contribution is -2.24. The first-order valence-electron chi connectivity index (χ1n) is 8.41. The van der Waals surface area contributed by atoms with Crippen LogP contribution >= 0.6 is 0 Å². The van der Waals surface area contributed by atoms with E-state index >= 15 is 0 Å². The average Bonchev–Trinajstić information content (AvgIpc) is 2.68. The SMILES string of the molecule is CN(C)c1ccc(Nc2cc(C(=O)NCc3ccccc3F)ncn2)cc1. The number of nitrogens with zero attached hydrogens (tertiary/aromatic N) is 3. The lowest BCUT2D eigenvalue weighted by molar-refractivity contribution is 0.0945. The zero-order valence-electron chi connectivity index (χ0n) is 15.1. The van der Waals surface area contributed by atoms with E-state index in [0.29, 0.717) is 11.4 Å². The van der Waals surface area contributed by atoms with E-state index in [1.54, 1.807) is 24.3 Å². The highest BCUT2D eigenvalue weighted by Crippen LogP contribution is 2.19. The Kier molecular flexibility index (Phi) is 5.61. The molecule has 0 aliphatic rings. The first-order chi connectivity index (χ1) is 13.0. The van der Waals surface area contributed by atoms with Gasteiger partial charge in [0.2, 0.25) is 0 Å². The maximum absolute atomic E-state index is 13.6. The van der Waals surface area contributed by atoms with Gasteiger partial charge in [0.1, 0.15) is 23.7 Å². The molecule has 1 heterocycles. The minimum atomic E-state index is -0.397. The highest BCUT2D eigenvalue weighted by molar-refractivity contribution is 5.92. The molecule has 0 unspecified atom stereocenters. The average molecular weight is 365 g/mol. The summed E-state index contributed by atoms with van der Waals surface area (Å²) in [5.41, 5.74) is 2.54. The molecule has 1 aromatic heterocycles. The molecule has 0 bridgehead atoms. The van der Waals surface area contributed by atoms with Crippen molar-refractivity contribution in [3.8, 4) is 0 Å². The number of carbonyl (C=O) groups excluding carboxylic acids is 1. The number of hydrogen-bond donors (Lipinski definition) is 2. The molecule has 7 heteroatoms. The van der Waals surface area contributed by atoms with Gasteiger partial charge in [0.15, 0.2) is 0 Å². The standard InChI is InChI=1S/C20H20FN5O/c1-26(2)16-9-7-15(8-10-16)25-19-11-18(23-13-24-19)20(27)22-12-14-5-3-4-6-17(14)21/h3-11,13H,12H2,1-2H3,(H,22,27)(H,23,24,25). The molecule has 2 aromatic carbocycles. The number of hydrogen-bond acceptors (Lipinski definition) is 5. The quantitative estimate of drug-likeness (QED) is 0.701. The fourth-order valence-electron chi connectivity index (χ4n) is 2.45. The van der Waals surface area contributed by atoms with Crippen LogP contribution in [0.1, 0.15) is 16.1 Å². The molecule has 3 rings (SSSR count). The fraction of sp³-hybridized carbons (Fsp3) is 0.150. The van der Waals surface area contributed by atoms with Crippen molar-refractivity contribution in [2.75, 3.05) is 24.3 Å². The maximum Gasteiger partial charge on any atom is 0.270 e. The van der Waals surface area contributed by atoms with Crippen LogP contribution in [0.25, 0.3) is 0 Å². The molecule has 0 aliphatic carbocycles. The van der Waals surface area contributed by atoms with E-state index in [2.05, 4.69) is 20.6 Å². The smallest absolute Gasteiger partial charge is 0.270 e. The molecule has 27 heavy (non-hydrogen) atoms. The summed E-state index contributed by atoms with van der Waals surface area (Å²) in [6.07, 6.45) is 1.31. The second kappa shape index (κ2) is 8.27. The Bertz CT molecular complexity index is 928. The third-order valence-electron chi connectivity index (χ3n) is 3.95. The number of rotatable bonds is 6. The van der Waals surface area contributed by atoms with Crippen molar-refractivity contribution in [1.82, 2.24) is 15.3 Å².